The first kappa shape index (κ1) is 12.2. The minimum absolute atomic E-state index is 0.396. The van der Waals surface area contributed by atoms with Crippen LogP contribution in [-0.4, -0.2) is 13.6 Å². The summed E-state index contributed by atoms with van der Waals surface area (Å²) in [6.07, 6.45) is 2.39. The van der Waals surface area contributed by atoms with Crippen molar-refractivity contribution < 1.29 is 0 Å². The van der Waals surface area contributed by atoms with E-state index in [9.17, 15) is 0 Å². The van der Waals surface area contributed by atoms with E-state index in [4.69, 9.17) is 0 Å². The zero-order valence-corrected chi connectivity index (χ0v) is 11.5. The van der Waals surface area contributed by atoms with Crippen molar-refractivity contribution in [3.05, 3.63) is 20.8 Å². The number of rotatable bonds is 5. The molecule has 0 saturated carbocycles. The van der Waals surface area contributed by atoms with Gasteiger partial charge in [0, 0.05) is 4.88 Å². The molecular weight excluding hydrogens is 258 g/mol. The van der Waals surface area contributed by atoms with Crippen LogP contribution in [0.4, 0.5) is 0 Å². The van der Waals surface area contributed by atoms with Crippen molar-refractivity contribution in [2.75, 3.05) is 13.6 Å². The van der Waals surface area contributed by atoms with E-state index in [0.717, 1.165) is 6.54 Å². The van der Waals surface area contributed by atoms with Crippen LogP contribution in [0.3, 0.4) is 0 Å². The van der Waals surface area contributed by atoms with Crippen molar-refractivity contribution in [3.63, 3.8) is 0 Å². The van der Waals surface area contributed by atoms with Gasteiger partial charge in [-0.2, -0.15) is 0 Å². The lowest BCUT2D eigenvalue weighted by atomic mass is 9.85. The van der Waals surface area contributed by atoms with Crippen LogP contribution in [0.15, 0.2) is 15.9 Å². The Morgan fingerprint density at radius 1 is 1.43 bits per heavy atom. The maximum absolute atomic E-state index is 3.50. The Morgan fingerprint density at radius 3 is 2.64 bits per heavy atom. The molecule has 0 aliphatic carbocycles. The van der Waals surface area contributed by atoms with Gasteiger partial charge in [-0.3, -0.25) is 0 Å². The normalized spacial score (nSPS) is 12.0. The van der Waals surface area contributed by atoms with Gasteiger partial charge in [0.15, 0.2) is 0 Å². The first-order valence-corrected chi connectivity index (χ1v) is 6.53. The zero-order chi connectivity index (χ0) is 10.6. The monoisotopic (exact) mass is 275 g/mol. The van der Waals surface area contributed by atoms with E-state index in [0.29, 0.717) is 5.41 Å². The maximum atomic E-state index is 3.50. The fourth-order valence-electron chi connectivity index (χ4n) is 1.47. The second-order valence-corrected chi connectivity index (χ2v) is 6.95. The number of halogens is 1. The third-order valence-electron chi connectivity index (χ3n) is 2.33. The maximum Gasteiger partial charge on any atom is 0.0701 e. The number of hydrogen-bond donors (Lipinski definition) is 1. The third kappa shape index (κ3) is 4.11. The molecule has 1 aromatic heterocycles. The summed E-state index contributed by atoms with van der Waals surface area (Å²) in [6, 6.07) is 4.35. The Morgan fingerprint density at radius 2 is 2.14 bits per heavy atom. The van der Waals surface area contributed by atoms with Crippen molar-refractivity contribution in [2.45, 2.75) is 26.7 Å². The average molecular weight is 276 g/mol. The first-order chi connectivity index (χ1) is 6.53. The average Bonchev–Trinajstić information content (AvgIpc) is 2.47. The van der Waals surface area contributed by atoms with Crippen LogP contribution < -0.4 is 5.32 Å². The van der Waals surface area contributed by atoms with Gasteiger partial charge in [0.25, 0.3) is 0 Å². The van der Waals surface area contributed by atoms with E-state index >= 15 is 0 Å². The van der Waals surface area contributed by atoms with Gasteiger partial charge in [-0.1, -0.05) is 13.8 Å². The molecule has 0 bridgehead atoms. The Balaban J connectivity index is 2.49. The Labute approximate surface area is 99.0 Å². The van der Waals surface area contributed by atoms with E-state index in [1.165, 1.54) is 21.5 Å². The summed E-state index contributed by atoms with van der Waals surface area (Å²) in [6.45, 7) is 5.76. The van der Waals surface area contributed by atoms with Crippen molar-refractivity contribution in [2.24, 2.45) is 5.41 Å². The fraction of sp³-hybridized carbons (Fsp3) is 0.636. The molecule has 14 heavy (non-hydrogen) atoms. The van der Waals surface area contributed by atoms with Gasteiger partial charge >= 0.3 is 0 Å². The highest BCUT2D eigenvalue weighted by molar-refractivity contribution is 9.11. The molecule has 1 N–H and O–H groups in total. The smallest absolute Gasteiger partial charge is 0.0701 e. The minimum atomic E-state index is 0.396. The molecule has 0 amide bonds. The van der Waals surface area contributed by atoms with Crippen LogP contribution in [0.25, 0.3) is 0 Å². The topological polar surface area (TPSA) is 12.0 Å². The summed E-state index contributed by atoms with van der Waals surface area (Å²) >= 11 is 5.34. The fourth-order valence-corrected chi connectivity index (χ4v) is 3.21. The van der Waals surface area contributed by atoms with Crippen LogP contribution >= 0.6 is 27.3 Å². The lowest BCUT2D eigenvalue weighted by Crippen LogP contribution is -2.21. The molecule has 1 heterocycles. The van der Waals surface area contributed by atoms with Gasteiger partial charge < -0.3 is 5.32 Å². The number of nitrogens with one attached hydrogen (secondary N) is 1. The molecular formula is C11H18BrNS. The van der Waals surface area contributed by atoms with Crippen LogP contribution in [0.5, 0.6) is 0 Å². The molecule has 1 nitrogen and oxygen atoms in total. The molecule has 0 fully saturated rings. The molecule has 0 unspecified atom stereocenters. The predicted molar refractivity (Wildman–Crippen MR) is 68.0 cm³/mol. The summed E-state index contributed by atoms with van der Waals surface area (Å²) in [5.41, 5.74) is 0.396. The minimum Gasteiger partial charge on any atom is -0.320 e. The van der Waals surface area contributed by atoms with Gasteiger partial charge in [0.05, 0.1) is 3.79 Å². The second-order valence-electron chi connectivity index (χ2n) is 4.40. The van der Waals surface area contributed by atoms with Crippen LogP contribution in [-0.2, 0) is 6.42 Å². The quantitative estimate of drug-likeness (QED) is 0.865. The van der Waals surface area contributed by atoms with Gasteiger partial charge in [0.1, 0.15) is 0 Å². The summed E-state index contributed by atoms with van der Waals surface area (Å²) in [5.74, 6) is 0. The molecule has 80 valence electrons. The van der Waals surface area contributed by atoms with E-state index in [-0.39, 0.29) is 0 Å². The van der Waals surface area contributed by atoms with Gasteiger partial charge in [0.2, 0.25) is 0 Å². The third-order valence-corrected chi connectivity index (χ3v) is 3.96. The Hall–Kier alpha value is 0.140. The highest BCUT2D eigenvalue weighted by atomic mass is 79.9. The SMILES string of the molecule is CNCCC(C)(C)Cc1ccc(Br)s1. The molecule has 1 rings (SSSR count). The van der Waals surface area contributed by atoms with Crippen molar-refractivity contribution in [1.29, 1.82) is 0 Å². The summed E-state index contributed by atoms with van der Waals surface area (Å²) < 4.78 is 1.23. The second kappa shape index (κ2) is 5.29. The number of hydrogen-bond acceptors (Lipinski definition) is 2. The predicted octanol–water partition coefficient (Wildman–Crippen LogP) is 3.69. The molecule has 0 aromatic carbocycles. The Kier molecular flexibility index (Phi) is 4.61. The zero-order valence-electron chi connectivity index (χ0n) is 9.06. The van der Waals surface area contributed by atoms with Gasteiger partial charge in [-0.05, 0) is 59.9 Å². The van der Waals surface area contributed by atoms with E-state index < -0.39 is 0 Å². The molecule has 1 aromatic rings. The molecule has 0 aliphatic rings. The number of thiophene rings is 1. The first-order valence-electron chi connectivity index (χ1n) is 4.92. The molecule has 0 spiro atoms. The van der Waals surface area contributed by atoms with Crippen LogP contribution in [0, 0.1) is 5.41 Å². The van der Waals surface area contributed by atoms with Crippen molar-refractivity contribution in [3.8, 4) is 0 Å². The standard InChI is InChI=1S/C11H18BrNS/c1-11(2,6-7-13-3)8-9-4-5-10(12)14-9/h4-5,13H,6-8H2,1-3H3. The highest BCUT2D eigenvalue weighted by Crippen LogP contribution is 2.30. The van der Waals surface area contributed by atoms with Crippen molar-refractivity contribution in [1.82, 2.24) is 5.32 Å². The summed E-state index contributed by atoms with van der Waals surface area (Å²) in [7, 11) is 2.01. The van der Waals surface area contributed by atoms with Gasteiger partial charge in [-0.15, -0.1) is 11.3 Å². The molecule has 0 saturated heterocycles. The van der Waals surface area contributed by atoms with Crippen LogP contribution in [0.2, 0.25) is 0 Å². The van der Waals surface area contributed by atoms with Crippen molar-refractivity contribution >= 4 is 27.3 Å². The highest BCUT2D eigenvalue weighted by Gasteiger charge is 2.18. The molecule has 0 atom stereocenters. The largest absolute Gasteiger partial charge is 0.320 e. The molecule has 0 radical (unpaired) electrons. The molecule has 0 aliphatic heterocycles. The van der Waals surface area contributed by atoms with E-state index in [1.807, 2.05) is 18.4 Å². The molecule has 3 heteroatoms. The van der Waals surface area contributed by atoms with E-state index in [2.05, 4.69) is 47.2 Å². The lowest BCUT2D eigenvalue weighted by Gasteiger charge is -2.23. The van der Waals surface area contributed by atoms with E-state index in [1.54, 1.807) is 0 Å². The summed E-state index contributed by atoms with van der Waals surface area (Å²) in [5, 5.41) is 3.21. The van der Waals surface area contributed by atoms with Gasteiger partial charge in [-0.25, -0.2) is 0 Å². The van der Waals surface area contributed by atoms with Crippen LogP contribution in [0.1, 0.15) is 25.1 Å². The Bertz CT molecular complexity index is 281. The lowest BCUT2D eigenvalue weighted by molar-refractivity contribution is 0.332. The summed E-state index contributed by atoms with van der Waals surface area (Å²) in [4.78, 5) is 1.47.